The fraction of sp³-hybridized carbons (Fsp3) is 0.300. The van der Waals surface area contributed by atoms with Crippen molar-refractivity contribution in [3.8, 4) is 0 Å². The Labute approximate surface area is 137 Å². The zero-order valence-electron chi connectivity index (χ0n) is 13.1. The first-order valence-corrected chi connectivity index (χ1v) is 10.3. The van der Waals surface area contributed by atoms with E-state index < -0.39 is 7.14 Å². The summed E-state index contributed by atoms with van der Waals surface area (Å²) in [6.07, 6.45) is 3.56. The second-order valence-electron chi connectivity index (χ2n) is 6.64. The minimum Gasteiger partial charge on any atom is -0.511 e. The van der Waals surface area contributed by atoms with Gasteiger partial charge in [-0.05, 0) is 24.0 Å². The van der Waals surface area contributed by atoms with Crippen LogP contribution in [0.5, 0.6) is 0 Å². The zero-order valence-corrected chi connectivity index (χ0v) is 14.0. The number of rotatable bonds is 3. The van der Waals surface area contributed by atoms with Crippen molar-refractivity contribution in [2.45, 2.75) is 31.1 Å². The van der Waals surface area contributed by atoms with Gasteiger partial charge in [0, 0.05) is 17.7 Å². The summed E-state index contributed by atoms with van der Waals surface area (Å²) in [5, 5.41) is 11.6. The Morgan fingerprint density at radius 1 is 0.957 bits per heavy atom. The van der Waals surface area contributed by atoms with Gasteiger partial charge in [-0.2, -0.15) is 0 Å². The summed E-state index contributed by atoms with van der Waals surface area (Å²) in [7, 11) is -2.65. The quantitative estimate of drug-likeness (QED) is 0.740. The second kappa shape index (κ2) is 5.69. The first kappa shape index (κ1) is 14.8. The van der Waals surface area contributed by atoms with Gasteiger partial charge in [-0.1, -0.05) is 67.1 Å². The molecule has 4 rings (SSSR count). The molecule has 1 aliphatic carbocycles. The molecule has 0 amide bonds. The van der Waals surface area contributed by atoms with Gasteiger partial charge in [0.25, 0.3) is 0 Å². The van der Waals surface area contributed by atoms with E-state index in [1.807, 2.05) is 60.7 Å². The molecule has 3 atom stereocenters. The van der Waals surface area contributed by atoms with Crippen LogP contribution in [-0.4, -0.2) is 10.8 Å². The predicted molar refractivity (Wildman–Crippen MR) is 94.9 cm³/mol. The summed E-state index contributed by atoms with van der Waals surface area (Å²) in [6.45, 7) is 0. The van der Waals surface area contributed by atoms with Gasteiger partial charge in [-0.15, -0.1) is 0 Å². The molecule has 0 aromatic heterocycles. The Balaban J connectivity index is 1.83. The summed E-state index contributed by atoms with van der Waals surface area (Å²) in [5.41, 5.74) is 2.15. The largest absolute Gasteiger partial charge is 0.511 e. The van der Waals surface area contributed by atoms with Crippen LogP contribution in [-0.2, 0) is 10.7 Å². The molecular formula is C20H21O2P. The molecule has 1 saturated carbocycles. The monoisotopic (exact) mass is 324 g/mol. The Hall–Kier alpha value is -1.79. The van der Waals surface area contributed by atoms with E-state index >= 15 is 0 Å². The Kier molecular flexibility index (Phi) is 3.66. The lowest BCUT2D eigenvalue weighted by molar-refractivity contribution is 0.343. The maximum absolute atomic E-state index is 14.1. The second-order valence-corrected chi connectivity index (χ2v) is 9.66. The summed E-state index contributed by atoms with van der Waals surface area (Å²) in [4.78, 5) is 0. The molecule has 0 radical (unpaired) electrons. The maximum Gasteiger partial charge on any atom is 0.127 e. The Bertz CT molecular complexity index is 780. The van der Waals surface area contributed by atoms with Gasteiger partial charge in [0.2, 0.25) is 0 Å². The molecule has 1 fully saturated rings. The average molecular weight is 324 g/mol. The summed E-state index contributed by atoms with van der Waals surface area (Å²) < 4.78 is 14.1. The van der Waals surface area contributed by atoms with Crippen LogP contribution in [0.25, 0.3) is 5.31 Å². The summed E-state index contributed by atoms with van der Waals surface area (Å²) >= 11 is 0. The standard InChI is InChI=1S/C20H21O2P/c21-19-17-12-7-13-18(17)23(22,14-15-8-3-1-4-9-15)20(19)16-10-5-2-6-11-16/h1-6,8-11,17-18,21H,7,12-14H2/t17-,18+,23-/m0/s1. The number of hydrogen-bond acceptors (Lipinski definition) is 2. The first-order valence-electron chi connectivity index (χ1n) is 8.32. The molecule has 2 aliphatic rings. The number of benzene rings is 2. The maximum atomic E-state index is 14.1. The van der Waals surface area contributed by atoms with Crippen LogP contribution in [0, 0.1) is 5.92 Å². The molecule has 1 heterocycles. The van der Waals surface area contributed by atoms with Gasteiger partial charge >= 0.3 is 0 Å². The minimum absolute atomic E-state index is 0.0970. The number of aliphatic hydroxyl groups excluding tert-OH is 1. The third kappa shape index (κ3) is 2.37. The fourth-order valence-corrected chi connectivity index (χ4v) is 8.40. The van der Waals surface area contributed by atoms with Crippen LogP contribution in [0.1, 0.15) is 30.4 Å². The molecule has 2 aromatic carbocycles. The molecule has 0 unspecified atom stereocenters. The summed E-state index contributed by atoms with van der Waals surface area (Å²) in [6, 6.07) is 19.9. The molecule has 0 bridgehead atoms. The average Bonchev–Trinajstić information content (AvgIpc) is 3.13. The molecule has 23 heavy (non-hydrogen) atoms. The SMILES string of the molecule is O=[P@]1(Cc2ccccc2)C(c2ccccc2)=C(O)[C@H]2CCC[C@H]21. The number of allylic oxidation sites excluding steroid dienone is 1. The highest BCUT2D eigenvalue weighted by Crippen LogP contribution is 2.75. The van der Waals surface area contributed by atoms with Crippen molar-refractivity contribution in [3.05, 3.63) is 77.5 Å². The van der Waals surface area contributed by atoms with Crippen molar-refractivity contribution in [1.82, 2.24) is 0 Å². The van der Waals surface area contributed by atoms with Crippen molar-refractivity contribution in [2.24, 2.45) is 5.92 Å². The third-order valence-electron chi connectivity index (χ3n) is 5.30. The smallest absolute Gasteiger partial charge is 0.127 e. The van der Waals surface area contributed by atoms with Crippen LogP contribution in [0.3, 0.4) is 0 Å². The number of hydrogen-bond donors (Lipinski definition) is 1. The van der Waals surface area contributed by atoms with Crippen LogP contribution in [0.2, 0.25) is 0 Å². The molecule has 118 valence electrons. The van der Waals surface area contributed by atoms with E-state index in [-0.39, 0.29) is 11.6 Å². The van der Waals surface area contributed by atoms with Crippen molar-refractivity contribution < 1.29 is 9.67 Å². The van der Waals surface area contributed by atoms with E-state index in [9.17, 15) is 9.67 Å². The zero-order chi connectivity index (χ0) is 15.9. The van der Waals surface area contributed by atoms with Crippen LogP contribution in [0.15, 0.2) is 66.4 Å². The van der Waals surface area contributed by atoms with Crippen molar-refractivity contribution in [3.63, 3.8) is 0 Å². The van der Waals surface area contributed by atoms with Gasteiger partial charge in [0.15, 0.2) is 0 Å². The van der Waals surface area contributed by atoms with Crippen LogP contribution < -0.4 is 0 Å². The highest BCUT2D eigenvalue weighted by Gasteiger charge is 2.53. The molecular weight excluding hydrogens is 303 g/mol. The van der Waals surface area contributed by atoms with E-state index in [1.165, 1.54) is 0 Å². The van der Waals surface area contributed by atoms with Crippen molar-refractivity contribution >= 4 is 12.5 Å². The van der Waals surface area contributed by atoms with Gasteiger partial charge < -0.3 is 9.67 Å². The van der Waals surface area contributed by atoms with Crippen molar-refractivity contribution in [2.75, 3.05) is 0 Å². The molecule has 0 spiro atoms. The first-order chi connectivity index (χ1) is 11.2. The predicted octanol–water partition coefficient (Wildman–Crippen LogP) is 5.66. The lowest BCUT2D eigenvalue weighted by Gasteiger charge is -2.23. The molecule has 0 saturated heterocycles. The molecule has 3 heteroatoms. The molecule has 2 aromatic rings. The van der Waals surface area contributed by atoms with E-state index in [2.05, 4.69) is 0 Å². The Morgan fingerprint density at radius 3 is 2.30 bits per heavy atom. The number of aliphatic hydroxyl groups is 1. The van der Waals surface area contributed by atoms with Gasteiger partial charge in [0.1, 0.15) is 12.9 Å². The fourth-order valence-electron chi connectivity index (χ4n) is 4.31. The lowest BCUT2D eigenvalue weighted by Crippen LogP contribution is -2.10. The van der Waals surface area contributed by atoms with Gasteiger partial charge in [-0.3, -0.25) is 0 Å². The normalized spacial score (nSPS) is 29.7. The van der Waals surface area contributed by atoms with E-state index in [4.69, 9.17) is 0 Å². The van der Waals surface area contributed by atoms with E-state index in [1.54, 1.807) is 0 Å². The molecule has 2 nitrogen and oxygen atoms in total. The van der Waals surface area contributed by atoms with Gasteiger partial charge in [-0.25, -0.2) is 0 Å². The molecule has 1 aliphatic heterocycles. The minimum atomic E-state index is -2.65. The van der Waals surface area contributed by atoms with E-state index in [0.717, 1.165) is 35.7 Å². The summed E-state index contributed by atoms with van der Waals surface area (Å²) in [5.74, 6) is 0.498. The Morgan fingerprint density at radius 2 is 1.61 bits per heavy atom. The number of fused-ring (bicyclic) bond motifs is 1. The van der Waals surface area contributed by atoms with Crippen LogP contribution >= 0.6 is 7.14 Å². The lowest BCUT2D eigenvalue weighted by atomic mass is 10.0. The molecule has 1 N–H and O–H groups in total. The highest BCUT2D eigenvalue weighted by molar-refractivity contribution is 7.74. The van der Waals surface area contributed by atoms with Crippen molar-refractivity contribution in [1.29, 1.82) is 0 Å². The van der Waals surface area contributed by atoms with Crippen LogP contribution in [0.4, 0.5) is 0 Å². The topological polar surface area (TPSA) is 37.3 Å². The third-order valence-corrected chi connectivity index (χ3v) is 9.06. The highest BCUT2D eigenvalue weighted by atomic mass is 31.2. The van der Waals surface area contributed by atoms with Gasteiger partial charge in [0.05, 0.1) is 5.31 Å². The van der Waals surface area contributed by atoms with E-state index in [0.29, 0.717) is 11.9 Å².